The van der Waals surface area contributed by atoms with Crippen LogP contribution in [0.5, 0.6) is 0 Å². The van der Waals surface area contributed by atoms with Crippen molar-refractivity contribution in [2.75, 3.05) is 0 Å². The minimum Gasteiger partial charge on any atom is -0.0651 e. The minimum absolute atomic E-state index is 0.824. The van der Waals surface area contributed by atoms with Gasteiger partial charge < -0.3 is 0 Å². The van der Waals surface area contributed by atoms with Crippen molar-refractivity contribution >= 4 is 0 Å². The summed E-state index contributed by atoms with van der Waals surface area (Å²) in [4.78, 5) is 0. The second-order valence-electron chi connectivity index (χ2n) is 5.63. The third-order valence-electron chi connectivity index (χ3n) is 4.33. The van der Waals surface area contributed by atoms with Gasteiger partial charge in [0.15, 0.2) is 0 Å². The van der Waals surface area contributed by atoms with Crippen LogP contribution in [-0.4, -0.2) is 0 Å². The van der Waals surface area contributed by atoms with Crippen molar-refractivity contribution in [2.24, 2.45) is 5.92 Å². The zero-order chi connectivity index (χ0) is 14.4. The molecule has 0 heterocycles. The van der Waals surface area contributed by atoms with Crippen LogP contribution >= 0.6 is 0 Å². The fourth-order valence-corrected chi connectivity index (χ4v) is 2.68. The first-order chi connectivity index (χ1) is 9.76. The van der Waals surface area contributed by atoms with Crippen LogP contribution in [0.3, 0.4) is 0 Å². The van der Waals surface area contributed by atoms with E-state index in [-0.39, 0.29) is 0 Å². The van der Waals surface area contributed by atoms with E-state index in [1.165, 1.54) is 41.5 Å². The molecule has 20 heavy (non-hydrogen) atoms. The molecule has 0 saturated heterocycles. The summed E-state index contributed by atoms with van der Waals surface area (Å²) in [6, 6.07) is 18.0. The third-order valence-corrected chi connectivity index (χ3v) is 4.33. The van der Waals surface area contributed by atoms with Crippen LogP contribution in [0.25, 0.3) is 11.1 Å². The van der Waals surface area contributed by atoms with Crippen LogP contribution in [0.2, 0.25) is 0 Å². The van der Waals surface area contributed by atoms with Gasteiger partial charge in [0.25, 0.3) is 0 Å². The van der Waals surface area contributed by atoms with E-state index in [1.807, 2.05) is 0 Å². The lowest BCUT2D eigenvalue weighted by Crippen LogP contribution is -2.01. The molecule has 0 N–H and O–H groups in total. The first-order valence-corrected chi connectivity index (χ1v) is 7.95. The first-order valence-electron chi connectivity index (χ1n) is 7.95. The number of hydrogen-bond donors (Lipinski definition) is 0. The summed E-state index contributed by atoms with van der Waals surface area (Å²) in [5.41, 5.74) is 5.50. The molecule has 0 aliphatic heterocycles. The average molecular weight is 266 g/mol. The molecular formula is C20H26. The van der Waals surface area contributed by atoms with Crippen molar-refractivity contribution in [2.45, 2.75) is 46.5 Å². The van der Waals surface area contributed by atoms with E-state index in [4.69, 9.17) is 0 Å². The van der Waals surface area contributed by atoms with E-state index in [2.05, 4.69) is 69.3 Å². The predicted molar refractivity (Wildman–Crippen MR) is 89.0 cm³/mol. The molecule has 0 saturated carbocycles. The maximum Gasteiger partial charge on any atom is -0.0184 e. The fourth-order valence-electron chi connectivity index (χ4n) is 2.68. The molecule has 0 heteroatoms. The fraction of sp³-hybridized carbons (Fsp3) is 0.400. The Morgan fingerprint density at radius 1 is 0.650 bits per heavy atom. The lowest BCUT2D eigenvalue weighted by molar-refractivity contribution is 0.490. The van der Waals surface area contributed by atoms with E-state index in [0.29, 0.717) is 0 Å². The molecule has 0 radical (unpaired) electrons. The largest absolute Gasteiger partial charge is 0.0651 e. The highest BCUT2D eigenvalue weighted by Crippen LogP contribution is 2.22. The van der Waals surface area contributed by atoms with Crippen molar-refractivity contribution in [1.82, 2.24) is 0 Å². The van der Waals surface area contributed by atoms with E-state index >= 15 is 0 Å². The highest BCUT2D eigenvalue weighted by molar-refractivity contribution is 5.63. The summed E-state index contributed by atoms with van der Waals surface area (Å²) in [7, 11) is 0. The van der Waals surface area contributed by atoms with E-state index in [0.717, 1.165) is 12.3 Å². The molecule has 2 aromatic rings. The summed E-state index contributed by atoms with van der Waals surface area (Å²) in [5.74, 6) is 0.824. The van der Waals surface area contributed by atoms with Gasteiger partial charge in [-0.15, -0.1) is 0 Å². The second kappa shape index (κ2) is 7.28. The highest BCUT2D eigenvalue weighted by atomic mass is 14.1. The van der Waals surface area contributed by atoms with Crippen molar-refractivity contribution in [3.8, 4) is 11.1 Å². The smallest absolute Gasteiger partial charge is 0.0184 e. The van der Waals surface area contributed by atoms with Gasteiger partial charge in [-0.05, 0) is 41.0 Å². The Bertz CT molecular complexity index is 501. The molecule has 0 amide bonds. The van der Waals surface area contributed by atoms with Gasteiger partial charge >= 0.3 is 0 Å². The minimum atomic E-state index is 0.824. The van der Waals surface area contributed by atoms with Crippen LogP contribution in [0, 0.1) is 5.92 Å². The number of aryl methyl sites for hydroxylation is 1. The molecule has 2 aromatic carbocycles. The summed E-state index contributed by atoms with van der Waals surface area (Å²) < 4.78 is 0. The Balaban J connectivity index is 2.10. The molecule has 0 aliphatic rings. The molecule has 0 spiro atoms. The van der Waals surface area contributed by atoms with Gasteiger partial charge in [-0.1, -0.05) is 82.1 Å². The average Bonchev–Trinajstić information content (AvgIpc) is 2.53. The van der Waals surface area contributed by atoms with Gasteiger partial charge in [-0.3, -0.25) is 0 Å². The zero-order valence-corrected chi connectivity index (χ0v) is 13.0. The predicted octanol–water partition coefficient (Wildman–Crippen LogP) is 5.89. The summed E-state index contributed by atoms with van der Waals surface area (Å²) in [5, 5.41) is 0. The Kier molecular flexibility index (Phi) is 5.40. The Morgan fingerprint density at radius 3 is 1.50 bits per heavy atom. The van der Waals surface area contributed by atoms with Gasteiger partial charge in [0.2, 0.25) is 0 Å². The van der Waals surface area contributed by atoms with Crippen LogP contribution < -0.4 is 0 Å². The topological polar surface area (TPSA) is 0 Å². The van der Waals surface area contributed by atoms with Gasteiger partial charge in [0, 0.05) is 0 Å². The first kappa shape index (κ1) is 14.8. The van der Waals surface area contributed by atoms with Crippen LogP contribution in [0.15, 0.2) is 48.5 Å². The maximum absolute atomic E-state index is 2.29. The zero-order valence-electron chi connectivity index (χ0n) is 13.0. The van der Waals surface area contributed by atoms with Crippen LogP contribution in [0.1, 0.15) is 44.7 Å². The molecule has 2 rings (SSSR count). The second-order valence-corrected chi connectivity index (χ2v) is 5.63. The molecule has 0 aliphatic carbocycles. The Morgan fingerprint density at radius 2 is 1.10 bits per heavy atom. The molecule has 0 atom stereocenters. The molecule has 0 fully saturated rings. The Labute approximate surface area is 123 Å². The standard InChI is InChI=1S/C20H26/c1-4-16(5-2)15-18-9-13-20(14-10-18)19-11-7-17(6-3)8-12-19/h7-14,16H,4-6,15H2,1-3H3. The quantitative estimate of drug-likeness (QED) is 0.611. The Hall–Kier alpha value is -1.56. The lowest BCUT2D eigenvalue weighted by Gasteiger charge is -2.12. The molecular weight excluding hydrogens is 240 g/mol. The SMILES string of the molecule is CCc1ccc(-c2ccc(CC(CC)CC)cc2)cc1. The van der Waals surface area contributed by atoms with Gasteiger partial charge in [0.1, 0.15) is 0 Å². The highest BCUT2D eigenvalue weighted by Gasteiger charge is 2.05. The van der Waals surface area contributed by atoms with E-state index in [9.17, 15) is 0 Å². The number of hydrogen-bond acceptors (Lipinski definition) is 0. The summed E-state index contributed by atoms with van der Waals surface area (Å²) in [6.45, 7) is 6.78. The molecule has 0 unspecified atom stereocenters. The molecule has 106 valence electrons. The number of benzene rings is 2. The van der Waals surface area contributed by atoms with Gasteiger partial charge in [-0.25, -0.2) is 0 Å². The maximum atomic E-state index is 2.29. The molecule has 0 aromatic heterocycles. The van der Waals surface area contributed by atoms with Crippen molar-refractivity contribution < 1.29 is 0 Å². The third kappa shape index (κ3) is 3.72. The van der Waals surface area contributed by atoms with Crippen LogP contribution in [0.4, 0.5) is 0 Å². The molecule has 0 nitrogen and oxygen atoms in total. The normalized spacial score (nSPS) is 11.0. The van der Waals surface area contributed by atoms with Gasteiger partial charge in [-0.2, -0.15) is 0 Å². The van der Waals surface area contributed by atoms with Gasteiger partial charge in [0.05, 0.1) is 0 Å². The van der Waals surface area contributed by atoms with Crippen molar-refractivity contribution in [1.29, 1.82) is 0 Å². The lowest BCUT2D eigenvalue weighted by atomic mass is 9.93. The number of rotatable bonds is 6. The monoisotopic (exact) mass is 266 g/mol. The van der Waals surface area contributed by atoms with E-state index < -0.39 is 0 Å². The van der Waals surface area contributed by atoms with Crippen molar-refractivity contribution in [3.05, 3.63) is 59.7 Å². The summed E-state index contributed by atoms with van der Waals surface area (Å²) >= 11 is 0. The van der Waals surface area contributed by atoms with Crippen LogP contribution in [-0.2, 0) is 12.8 Å². The van der Waals surface area contributed by atoms with E-state index in [1.54, 1.807) is 0 Å². The van der Waals surface area contributed by atoms with Crippen molar-refractivity contribution in [3.63, 3.8) is 0 Å². The molecule has 0 bridgehead atoms. The summed E-state index contributed by atoms with van der Waals surface area (Å²) in [6.07, 6.45) is 4.87.